The zero-order valence-corrected chi connectivity index (χ0v) is 13.3. The number of rotatable bonds is 5. The minimum absolute atomic E-state index is 0.108. The molecule has 6 nitrogen and oxygen atoms in total. The Morgan fingerprint density at radius 3 is 2.74 bits per heavy atom. The number of anilines is 1. The number of hydrogen-bond acceptors (Lipinski definition) is 5. The van der Waals surface area contributed by atoms with Crippen LogP contribution in [0.25, 0.3) is 5.69 Å². The van der Waals surface area contributed by atoms with E-state index >= 15 is 0 Å². The molecule has 0 saturated carbocycles. The van der Waals surface area contributed by atoms with E-state index in [1.54, 1.807) is 24.5 Å². The van der Waals surface area contributed by atoms with E-state index in [0.717, 1.165) is 11.5 Å². The number of nitrogens with zero attached hydrogens (tertiary/aromatic N) is 4. The topological polar surface area (TPSA) is 72.7 Å². The molecule has 0 saturated heterocycles. The third-order valence-corrected chi connectivity index (χ3v) is 4.02. The van der Waals surface area contributed by atoms with Gasteiger partial charge in [-0.3, -0.25) is 14.3 Å². The number of aromatic nitrogens is 4. The number of aryl methyl sites for hydroxylation is 1. The molecule has 0 fully saturated rings. The highest BCUT2D eigenvalue weighted by Crippen LogP contribution is 2.21. The maximum absolute atomic E-state index is 12.0. The second-order valence-electron chi connectivity index (χ2n) is 4.78. The van der Waals surface area contributed by atoms with Crippen LogP contribution in [-0.4, -0.2) is 31.4 Å². The van der Waals surface area contributed by atoms with Crippen LogP contribution in [0.1, 0.15) is 5.82 Å². The summed E-state index contributed by atoms with van der Waals surface area (Å²) in [5, 5.41) is 11.7. The van der Waals surface area contributed by atoms with Crippen LogP contribution in [0.3, 0.4) is 0 Å². The van der Waals surface area contributed by atoms with Crippen LogP contribution in [0.15, 0.2) is 60.0 Å². The Morgan fingerprint density at radius 2 is 2.00 bits per heavy atom. The van der Waals surface area contributed by atoms with Crippen LogP contribution in [0.5, 0.6) is 0 Å². The highest BCUT2D eigenvalue weighted by molar-refractivity contribution is 7.99. The normalized spacial score (nSPS) is 10.5. The summed E-state index contributed by atoms with van der Waals surface area (Å²) >= 11 is 1.35. The summed E-state index contributed by atoms with van der Waals surface area (Å²) in [6, 6.07) is 13.4. The van der Waals surface area contributed by atoms with Crippen LogP contribution in [-0.2, 0) is 4.79 Å². The molecule has 7 heteroatoms. The Hall–Kier alpha value is -2.67. The van der Waals surface area contributed by atoms with Gasteiger partial charge >= 0.3 is 0 Å². The molecule has 23 heavy (non-hydrogen) atoms. The van der Waals surface area contributed by atoms with Gasteiger partial charge in [-0.05, 0) is 31.2 Å². The first-order valence-corrected chi connectivity index (χ1v) is 8.03. The number of nitrogens with one attached hydrogen (secondary N) is 1. The van der Waals surface area contributed by atoms with Crippen molar-refractivity contribution in [3.05, 3.63) is 60.7 Å². The number of carbonyl (C=O) groups excluding carboxylic acids is 1. The number of amides is 1. The minimum Gasteiger partial charge on any atom is -0.324 e. The second-order valence-corrected chi connectivity index (χ2v) is 5.72. The van der Waals surface area contributed by atoms with Gasteiger partial charge in [0.15, 0.2) is 5.16 Å². The molecule has 1 aromatic carbocycles. The van der Waals surface area contributed by atoms with Gasteiger partial charge in [0.2, 0.25) is 5.91 Å². The summed E-state index contributed by atoms with van der Waals surface area (Å²) in [6.07, 6.45) is 3.27. The first kappa shape index (κ1) is 15.2. The summed E-state index contributed by atoms with van der Waals surface area (Å²) in [5.41, 5.74) is 1.66. The maximum Gasteiger partial charge on any atom is 0.234 e. The van der Waals surface area contributed by atoms with Crippen molar-refractivity contribution in [3.8, 4) is 5.69 Å². The largest absolute Gasteiger partial charge is 0.324 e. The molecule has 3 aromatic rings. The van der Waals surface area contributed by atoms with E-state index in [0.29, 0.717) is 10.8 Å². The Kier molecular flexibility index (Phi) is 4.68. The average molecular weight is 325 g/mol. The molecule has 0 atom stereocenters. The number of carbonyl (C=O) groups is 1. The van der Waals surface area contributed by atoms with Crippen LogP contribution in [0, 0.1) is 6.92 Å². The van der Waals surface area contributed by atoms with Crippen LogP contribution in [0.2, 0.25) is 0 Å². The fraction of sp³-hybridized carbons (Fsp3) is 0.125. The van der Waals surface area contributed by atoms with Crippen molar-refractivity contribution in [2.75, 3.05) is 11.1 Å². The fourth-order valence-corrected chi connectivity index (χ4v) is 2.87. The standard InChI is InChI=1S/C16H15N5OS/c1-12-19-20-16(21(12)14-7-3-2-4-8-14)23-11-15(22)18-13-6-5-9-17-10-13/h2-10H,11H2,1H3,(H,18,22). The van der Waals surface area contributed by atoms with Crippen molar-refractivity contribution in [2.45, 2.75) is 12.1 Å². The second kappa shape index (κ2) is 7.06. The van der Waals surface area contributed by atoms with Crippen LogP contribution < -0.4 is 5.32 Å². The van der Waals surface area contributed by atoms with E-state index in [9.17, 15) is 4.79 Å². The van der Waals surface area contributed by atoms with Gasteiger partial charge in [-0.25, -0.2) is 0 Å². The SMILES string of the molecule is Cc1nnc(SCC(=O)Nc2cccnc2)n1-c1ccccc1. The van der Waals surface area contributed by atoms with Crippen molar-refractivity contribution in [1.82, 2.24) is 19.7 Å². The molecule has 2 aromatic heterocycles. The Labute approximate surface area is 138 Å². The van der Waals surface area contributed by atoms with E-state index in [4.69, 9.17) is 0 Å². The van der Waals surface area contributed by atoms with Crippen molar-refractivity contribution in [2.24, 2.45) is 0 Å². The van der Waals surface area contributed by atoms with E-state index < -0.39 is 0 Å². The third-order valence-electron chi connectivity index (χ3n) is 3.09. The fourth-order valence-electron chi connectivity index (χ4n) is 2.07. The van der Waals surface area contributed by atoms with Gasteiger partial charge in [-0.2, -0.15) is 0 Å². The summed E-state index contributed by atoms with van der Waals surface area (Å²) < 4.78 is 1.93. The minimum atomic E-state index is -0.108. The first-order chi connectivity index (χ1) is 11.2. The van der Waals surface area contributed by atoms with E-state index in [1.807, 2.05) is 41.8 Å². The average Bonchev–Trinajstić information content (AvgIpc) is 2.95. The molecule has 0 aliphatic heterocycles. The lowest BCUT2D eigenvalue weighted by Gasteiger charge is -2.08. The molecular weight excluding hydrogens is 310 g/mol. The van der Waals surface area contributed by atoms with Gasteiger partial charge in [0.25, 0.3) is 0 Å². The third kappa shape index (κ3) is 3.75. The van der Waals surface area contributed by atoms with Gasteiger partial charge in [0.1, 0.15) is 5.82 Å². The molecule has 1 N–H and O–H groups in total. The summed E-state index contributed by atoms with van der Waals surface area (Å²) in [7, 11) is 0. The molecule has 0 radical (unpaired) electrons. The summed E-state index contributed by atoms with van der Waals surface area (Å²) in [4.78, 5) is 16.0. The molecule has 0 unspecified atom stereocenters. The Balaban J connectivity index is 1.68. The monoisotopic (exact) mass is 325 g/mol. The number of hydrogen-bond donors (Lipinski definition) is 1. The highest BCUT2D eigenvalue weighted by Gasteiger charge is 2.13. The molecule has 0 spiro atoms. The van der Waals surface area contributed by atoms with Crippen molar-refractivity contribution in [3.63, 3.8) is 0 Å². The van der Waals surface area contributed by atoms with Gasteiger partial charge in [-0.1, -0.05) is 30.0 Å². The zero-order valence-electron chi connectivity index (χ0n) is 12.5. The molecule has 1 amide bonds. The molecule has 116 valence electrons. The molecule has 0 aliphatic carbocycles. The van der Waals surface area contributed by atoms with Gasteiger partial charge < -0.3 is 5.32 Å². The smallest absolute Gasteiger partial charge is 0.234 e. The van der Waals surface area contributed by atoms with Crippen molar-refractivity contribution >= 4 is 23.4 Å². The van der Waals surface area contributed by atoms with Gasteiger partial charge in [-0.15, -0.1) is 10.2 Å². The Morgan fingerprint density at radius 1 is 1.17 bits per heavy atom. The number of para-hydroxylation sites is 1. The summed E-state index contributed by atoms with van der Waals surface area (Å²) in [6.45, 7) is 1.89. The zero-order chi connectivity index (χ0) is 16.1. The van der Waals surface area contributed by atoms with Gasteiger partial charge in [0.05, 0.1) is 17.6 Å². The predicted octanol–water partition coefficient (Wildman–Crippen LogP) is 2.70. The van der Waals surface area contributed by atoms with Crippen LogP contribution >= 0.6 is 11.8 Å². The van der Waals surface area contributed by atoms with Crippen molar-refractivity contribution < 1.29 is 4.79 Å². The lowest BCUT2D eigenvalue weighted by molar-refractivity contribution is -0.113. The van der Waals surface area contributed by atoms with E-state index in [1.165, 1.54) is 11.8 Å². The quantitative estimate of drug-likeness (QED) is 0.730. The lowest BCUT2D eigenvalue weighted by atomic mass is 10.3. The lowest BCUT2D eigenvalue weighted by Crippen LogP contribution is -2.14. The first-order valence-electron chi connectivity index (χ1n) is 7.04. The molecule has 0 aliphatic rings. The van der Waals surface area contributed by atoms with Crippen LogP contribution in [0.4, 0.5) is 5.69 Å². The summed E-state index contributed by atoms with van der Waals surface area (Å²) in [5.74, 6) is 0.925. The molecular formula is C16H15N5OS. The predicted molar refractivity (Wildman–Crippen MR) is 89.7 cm³/mol. The highest BCUT2D eigenvalue weighted by atomic mass is 32.2. The number of thioether (sulfide) groups is 1. The number of pyridine rings is 1. The molecule has 2 heterocycles. The molecule has 0 bridgehead atoms. The number of benzene rings is 1. The van der Waals surface area contributed by atoms with E-state index in [2.05, 4.69) is 20.5 Å². The van der Waals surface area contributed by atoms with E-state index in [-0.39, 0.29) is 11.7 Å². The van der Waals surface area contributed by atoms with Gasteiger partial charge in [0, 0.05) is 11.9 Å². The van der Waals surface area contributed by atoms with Crippen molar-refractivity contribution in [1.29, 1.82) is 0 Å². The Bertz CT molecular complexity index is 789. The molecule has 3 rings (SSSR count). The maximum atomic E-state index is 12.0.